The van der Waals surface area contributed by atoms with Gasteiger partial charge in [-0.1, -0.05) is 32.0 Å². The summed E-state index contributed by atoms with van der Waals surface area (Å²) >= 11 is 0. The van der Waals surface area contributed by atoms with Crippen LogP contribution in [0.15, 0.2) is 67.3 Å². The van der Waals surface area contributed by atoms with Crippen molar-refractivity contribution in [1.82, 2.24) is 14.5 Å². The van der Waals surface area contributed by atoms with Crippen LogP contribution in [0.1, 0.15) is 36.7 Å². The molecule has 3 aromatic rings. The molecule has 0 saturated heterocycles. The quantitative estimate of drug-likeness (QED) is 0.684. The first kappa shape index (κ1) is 17.6. The number of pyridine rings is 1. The predicted molar refractivity (Wildman–Crippen MR) is 104 cm³/mol. The van der Waals surface area contributed by atoms with Gasteiger partial charge in [-0.25, -0.2) is 4.98 Å². The van der Waals surface area contributed by atoms with Crippen LogP contribution in [0.25, 0.3) is 6.08 Å². The molecule has 0 unspecified atom stereocenters. The highest BCUT2D eigenvalue weighted by atomic mass is 16.1. The van der Waals surface area contributed by atoms with Crippen molar-refractivity contribution in [3.8, 4) is 0 Å². The number of nitrogens with zero attached hydrogens (tertiary/aromatic N) is 3. The van der Waals surface area contributed by atoms with Gasteiger partial charge in [0.25, 0.3) is 0 Å². The molecule has 0 aliphatic heterocycles. The number of imidazole rings is 1. The van der Waals surface area contributed by atoms with Crippen LogP contribution in [0, 0.1) is 0 Å². The van der Waals surface area contributed by atoms with Gasteiger partial charge in [0.1, 0.15) is 5.82 Å². The van der Waals surface area contributed by atoms with Crippen LogP contribution >= 0.6 is 0 Å². The lowest BCUT2D eigenvalue weighted by molar-refractivity contribution is -0.111. The summed E-state index contributed by atoms with van der Waals surface area (Å²) in [5, 5.41) is 2.90. The molecule has 1 aromatic carbocycles. The molecule has 5 heteroatoms. The van der Waals surface area contributed by atoms with Crippen LogP contribution in [0.3, 0.4) is 0 Å². The fourth-order valence-electron chi connectivity index (χ4n) is 2.73. The first-order valence-electron chi connectivity index (χ1n) is 8.61. The van der Waals surface area contributed by atoms with E-state index in [2.05, 4.69) is 33.7 Å². The summed E-state index contributed by atoms with van der Waals surface area (Å²) in [6, 6.07) is 11.6. The van der Waals surface area contributed by atoms with Crippen molar-refractivity contribution in [2.45, 2.75) is 26.3 Å². The SMILES string of the molecule is CC(C)c1nccn1Cc1cccc(NC(=O)/C=C/c2cccnc2)c1. The first-order chi connectivity index (χ1) is 12.6. The molecule has 1 amide bonds. The molecule has 0 aliphatic rings. The third-order valence-corrected chi connectivity index (χ3v) is 3.92. The maximum Gasteiger partial charge on any atom is 0.248 e. The van der Waals surface area contributed by atoms with E-state index in [1.165, 1.54) is 6.08 Å². The van der Waals surface area contributed by atoms with E-state index in [0.29, 0.717) is 5.92 Å². The summed E-state index contributed by atoms with van der Waals surface area (Å²) in [7, 11) is 0. The van der Waals surface area contributed by atoms with Gasteiger partial charge in [-0.3, -0.25) is 9.78 Å². The number of amides is 1. The van der Waals surface area contributed by atoms with Gasteiger partial charge in [0, 0.05) is 49.0 Å². The maximum atomic E-state index is 12.1. The highest BCUT2D eigenvalue weighted by Crippen LogP contribution is 2.16. The fraction of sp³-hybridized carbons (Fsp3) is 0.190. The Balaban J connectivity index is 1.66. The largest absolute Gasteiger partial charge is 0.330 e. The molecule has 5 nitrogen and oxygen atoms in total. The van der Waals surface area contributed by atoms with Crippen molar-refractivity contribution in [3.63, 3.8) is 0 Å². The summed E-state index contributed by atoms with van der Waals surface area (Å²) in [5.41, 5.74) is 2.77. The van der Waals surface area contributed by atoms with E-state index in [1.807, 2.05) is 48.8 Å². The van der Waals surface area contributed by atoms with E-state index in [-0.39, 0.29) is 5.91 Å². The molecule has 2 aromatic heterocycles. The molecule has 1 N–H and O–H groups in total. The smallest absolute Gasteiger partial charge is 0.248 e. The monoisotopic (exact) mass is 346 g/mol. The summed E-state index contributed by atoms with van der Waals surface area (Å²) in [5.74, 6) is 1.25. The Hall–Kier alpha value is -3.21. The first-order valence-corrected chi connectivity index (χ1v) is 8.61. The van der Waals surface area contributed by atoms with Gasteiger partial charge in [0.2, 0.25) is 5.91 Å². The molecule has 0 fully saturated rings. The third kappa shape index (κ3) is 4.66. The number of anilines is 1. The number of hydrogen-bond acceptors (Lipinski definition) is 3. The Labute approximate surface area is 153 Å². The second kappa shape index (κ2) is 8.25. The van der Waals surface area contributed by atoms with Crippen LogP contribution in [0.5, 0.6) is 0 Å². The van der Waals surface area contributed by atoms with Gasteiger partial charge >= 0.3 is 0 Å². The van der Waals surface area contributed by atoms with Crippen LogP contribution < -0.4 is 5.32 Å². The van der Waals surface area contributed by atoms with Gasteiger partial charge < -0.3 is 9.88 Å². The average Bonchev–Trinajstić information content (AvgIpc) is 3.09. The summed E-state index contributed by atoms with van der Waals surface area (Å²) in [6.45, 7) is 4.98. The number of aromatic nitrogens is 3. The molecule has 0 radical (unpaired) electrons. The standard InChI is InChI=1S/C21H22N4O/c1-16(2)21-23-11-12-25(21)15-18-5-3-7-19(13-18)24-20(26)9-8-17-6-4-10-22-14-17/h3-14,16H,15H2,1-2H3,(H,24,26)/b9-8+. The lowest BCUT2D eigenvalue weighted by Crippen LogP contribution is -2.09. The Bertz CT molecular complexity index is 897. The maximum absolute atomic E-state index is 12.1. The van der Waals surface area contributed by atoms with Crippen molar-refractivity contribution in [1.29, 1.82) is 0 Å². The lowest BCUT2D eigenvalue weighted by Gasteiger charge is -2.11. The molecular formula is C21H22N4O. The van der Waals surface area contributed by atoms with Crippen LogP contribution in [-0.2, 0) is 11.3 Å². The zero-order valence-corrected chi connectivity index (χ0v) is 15.0. The molecular weight excluding hydrogens is 324 g/mol. The Morgan fingerprint density at radius 3 is 2.88 bits per heavy atom. The van der Waals surface area contributed by atoms with Crippen molar-refractivity contribution >= 4 is 17.7 Å². The second-order valence-corrected chi connectivity index (χ2v) is 6.38. The van der Waals surface area contributed by atoms with Gasteiger partial charge in [-0.15, -0.1) is 0 Å². The molecule has 0 aliphatic carbocycles. The summed E-state index contributed by atoms with van der Waals surface area (Å²) < 4.78 is 2.13. The molecule has 2 heterocycles. The summed E-state index contributed by atoms with van der Waals surface area (Å²) in [4.78, 5) is 20.6. The zero-order chi connectivity index (χ0) is 18.4. The van der Waals surface area contributed by atoms with E-state index in [9.17, 15) is 4.79 Å². The molecule has 0 atom stereocenters. The Morgan fingerprint density at radius 2 is 2.12 bits per heavy atom. The highest BCUT2D eigenvalue weighted by molar-refractivity contribution is 6.01. The van der Waals surface area contributed by atoms with Crippen molar-refractivity contribution in [2.24, 2.45) is 0 Å². The van der Waals surface area contributed by atoms with Crippen molar-refractivity contribution in [2.75, 3.05) is 5.32 Å². The summed E-state index contributed by atoms with van der Waals surface area (Å²) in [6.07, 6.45) is 10.5. The lowest BCUT2D eigenvalue weighted by atomic mass is 10.1. The van der Waals surface area contributed by atoms with Crippen LogP contribution in [-0.4, -0.2) is 20.4 Å². The second-order valence-electron chi connectivity index (χ2n) is 6.38. The van der Waals surface area contributed by atoms with E-state index < -0.39 is 0 Å². The van der Waals surface area contributed by atoms with E-state index in [0.717, 1.165) is 29.2 Å². The number of carbonyl (C=O) groups excluding carboxylic acids is 1. The normalized spacial score (nSPS) is 11.2. The minimum Gasteiger partial charge on any atom is -0.330 e. The fourth-order valence-corrected chi connectivity index (χ4v) is 2.73. The van der Waals surface area contributed by atoms with Gasteiger partial charge in [0.05, 0.1) is 0 Å². The molecule has 0 saturated carbocycles. The Morgan fingerprint density at radius 1 is 1.23 bits per heavy atom. The topological polar surface area (TPSA) is 59.8 Å². The van der Waals surface area contributed by atoms with Gasteiger partial charge in [-0.2, -0.15) is 0 Å². The molecule has 132 valence electrons. The van der Waals surface area contributed by atoms with Crippen molar-refractivity contribution < 1.29 is 4.79 Å². The van der Waals surface area contributed by atoms with Gasteiger partial charge in [-0.05, 0) is 35.4 Å². The number of carbonyl (C=O) groups is 1. The van der Waals surface area contributed by atoms with E-state index >= 15 is 0 Å². The molecule has 3 rings (SSSR count). The minimum atomic E-state index is -0.170. The highest BCUT2D eigenvalue weighted by Gasteiger charge is 2.08. The van der Waals surface area contributed by atoms with Crippen LogP contribution in [0.4, 0.5) is 5.69 Å². The van der Waals surface area contributed by atoms with E-state index in [4.69, 9.17) is 0 Å². The van der Waals surface area contributed by atoms with E-state index in [1.54, 1.807) is 18.5 Å². The Kier molecular flexibility index (Phi) is 5.59. The molecule has 0 spiro atoms. The predicted octanol–water partition coefficient (Wildman–Crippen LogP) is 4.10. The minimum absolute atomic E-state index is 0.170. The van der Waals surface area contributed by atoms with Crippen molar-refractivity contribution in [3.05, 3.63) is 84.2 Å². The average molecular weight is 346 g/mol. The molecule has 0 bridgehead atoms. The number of nitrogens with one attached hydrogen (secondary N) is 1. The number of benzene rings is 1. The number of hydrogen-bond donors (Lipinski definition) is 1. The van der Waals surface area contributed by atoms with Gasteiger partial charge in [0.15, 0.2) is 0 Å². The molecule has 26 heavy (non-hydrogen) atoms. The van der Waals surface area contributed by atoms with Crippen LogP contribution in [0.2, 0.25) is 0 Å². The zero-order valence-electron chi connectivity index (χ0n) is 15.0. The third-order valence-electron chi connectivity index (χ3n) is 3.92. The number of rotatable bonds is 6.